The maximum Gasteiger partial charge on any atom is 0.338 e. The highest BCUT2D eigenvalue weighted by Crippen LogP contribution is 2.20. The Kier molecular flexibility index (Phi) is 7.37. The third-order valence-electron chi connectivity index (χ3n) is 4.96. The van der Waals surface area contributed by atoms with Crippen molar-refractivity contribution in [2.75, 3.05) is 13.1 Å². The summed E-state index contributed by atoms with van der Waals surface area (Å²) >= 11 is 0. The monoisotopic (exact) mass is 462 g/mol. The van der Waals surface area contributed by atoms with Crippen molar-refractivity contribution >= 4 is 27.8 Å². The molecule has 8 nitrogen and oxygen atoms in total. The van der Waals surface area contributed by atoms with Gasteiger partial charge in [-0.15, -0.1) is 0 Å². The van der Waals surface area contributed by atoms with Gasteiger partial charge in [-0.05, 0) is 67.8 Å². The molecule has 0 aromatic heterocycles. The molecule has 2 aromatic carbocycles. The first-order valence-corrected chi connectivity index (χ1v) is 11.6. The largest absolute Gasteiger partial charge is 0.449 e. The average Bonchev–Trinajstić information content (AvgIpc) is 2.95. The van der Waals surface area contributed by atoms with Gasteiger partial charge in [0.05, 0.1) is 10.5 Å². The number of carbonyl (C=O) groups excluding carboxylic acids is 3. The molecule has 0 saturated carbocycles. The molecule has 10 heteroatoms. The van der Waals surface area contributed by atoms with Crippen LogP contribution in [0.25, 0.3) is 0 Å². The standard InChI is InChI=1S/C22H23FN2O6S/c1-2-24-32(29,30)18-12-8-16(9-13-18)22(28)31-19-5-3-4-14-25(21(19)27)20(26)15-6-10-17(23)11-7-15/h6-13,19,24H,2-5,14H2,1H3. The minimum absolute atomic E-state index is 0.00230. The van der Waals surface area contributed by atoms with E-state index in [4.69, 9.17) is 4.74 Å². The Labute approximate surface area is 185 Å². The lowest BCUT2D eigenvalue weighted by molar-refractivity contribution is -0.137. The van der Waals surface area contributed by atoms with Crippen molar-refractivity contribution < 1.29 is 31.9 Å². The number of likely N-dealkylation sites (tertiary alicyclic amines) is 1. The third kappa shape index (κ3) is 5.38. The van der Waals surface area contributed by atoms with Gasteiger partial charge in [0.2, 0.25) is 10.0 Å². The summed E-state index contributed by atoms with van der Waals surface area (Å²) in [5.74, 6) is -2.53. The van der Waals surface area contributed by atoms with Crippen LogP contribution in [0.15, 0.2) is 53.4 Å². The van der Waals surface area contributed by atoms with E-state index >= 15 is 0 Å². The summed E-state index contributed by atoms with van der Waals surface area (Å²) in [5.41, 5.74) is 0.234. The Balaban J connectivity index is 1.73. The summed E-state index contributed by atoms with van der Waals surface area (Å²) in [6.07, 6.45) is 0.213. The number of carbonyl (C=O) groups is 3. The second kappa shape index (κ2) is 10.0. The van der Waals surface area contributed by atoms with E-state index < -0.39 is 39.7 Å². The number of nitrogens with one attached hydrogen (secondary N) is 1. The zero-order valence-electron chi connectivity index (χ0n) is 17.4. The minimum Gasteiger partial charge on any atom is -0.449 e. The quantitative estimate of drug-likeness (QED) is 0.522. The van der Waals surface area contributed by atoms with Crippen LogP contribution < -0.4 is 4.72 Å². The smallest absolute Gasteiger partial charge is 0.338 e. The molecule has 170 valence electrons. The number of esters is 1. The molecule has 0 spiro atoms. The molecule has 1 aliphatic heterocycles. The van der Waals surface area contributed by atoms with Gasteiger partial charge in [-0.1, -0.05) is 6.92 Å². The first-order chi connectivity index (χ1) is 15.2. The van der Waals surface area contributed by atoms with Crippen LogP contribution in [0.5, 0.6) is 0 Å². The second-order valence-corrected chi connectivity index (χ2v) is 8.98. The minimum atomic E-state index is -3.66. The van der Waals surface area contributed by atoms with Gasteiger partial charge in [0.15, 0.2) is 6.10 Å². The third-order valence-corrected chi connectivity index (χ3v) is 6.52. The molecular formula is C22H23FN2O6S. The van der Waals surface area contributed by atoms with Crippen LogP contribution in [0.4, 0.5) is 4.39 Å². The van der Waals surface area contributed by atoms with Gasteiger partial charge >= 0.3 is 5.97 Å². The topological polar surface area (TPSA) is 110 Å². The summed E-state index contributed by atoms with van der Waals surface area (Å²) < 4.78 is 44.9. The molecule has 3 rings (SSSR count). The Bertz CT molecular complexity index is 1100. The van der Waals surface area contributed by atoms with E-state index in [2.05, 4.69) is 4.72 Å². The number of amides is 2. The number of hydrogen-bond acceptors (Lipinski definition) is 6. The first kappa shape index (κ1) is 23.6. The van der Waals surface area contributed by atoms with E-state index in [1.54, 1.807) is 6.92 Å². The predicted molar refractivity (Wildman–Crippen MR) is 113 cm³/mol. The number of sulfonamides is 1. The van der Waals surface area contributed by atoms with Crippen molar-refractivity contribution in [3.05, 3.63) is 65.5 Å². The Hall–Kier alpha value is -3.11. The number of nitrogens with zero attached hydrogens (tertiary/aromatic N) is 1. The highest BCUT2D eigenvalue weighted by Gasteiger charge is 2.34. The fourth-order valence-corrected chi connectivity index (χ4v) is 4.35. The van der Waals surface area contributed by atoms with Crippen LogP contribution >= 0.6 is 0 Å². The van der Waals surface area contributed by atoms with Crippen LogP contribution in [0, 0.1) is 5.82 Å². The first-order valence-electron chi connectivity index (χ1n) is 10.1. The summed E-state index contributed by atoms with van der Waals surface area (Å²) in [6, 6.07) is 9.99. The van der Waals surface area contributed by atoms with Gasteiger partial charge < -0.3 is 4.74 Å². The molecule has 1 atom stereocenters. The summed E-state index contributed by atoms with van der Waals surface area (Å²) in [4.78, 5) is 39.2. The van der Waals surface area contributed by atoms with Crippen molar-refractivity contribution in [2.24, 2.45) is 0 Å². The predicted octanol–water partition coefficient (Wildman–Crippen LogP) is 2.50. The average molecular weight is 462 g/mol. The van der Waals surface area contributed by atoms with Gasteiger partial charge in [0.25, 0.3) is 11.8 Å². The highest BCUT2D eigenvalue weighted by atomic mass is 32.2. The lowest BCUT2D eigenvalue weighted by Gasteiger charge is -2.22. The Morgan fingerprint density at radius 1 is 1.06 bits per heavy atom. The molecule has 2 aromatic rings. The van der Waals surface area contributed by atoms with Gasteiger partial charge in [0.1, 0.15) is 5.82 Å². The van der Waals surface area contributed by atoms with E-state index in [-0.39, 0.29) is 35.5 Å². The Morgan fingerprint density at radius 3 is 2.31 bits per heavy atom. The molecule has 32 heavy (non-hydrogen) atoms. The molecule has 0 aliphatic carbocycles. The van der Waals surface area contributed by atoms with Gasteiger partial charge in [-0.25, -0.2) is 22.3 Å². The molecule has 1 N–H and O–H groups in total. The second-order valence-electron chi connectivity index (χ2n) is 7.22. The molecule has 1 fully saturated rings. The maximum atomic E-state index is 13.1. The number of benzene rings is 2. The van der Waals surface area contributed by atoms with E-state index in [1.807, 2.05) is 0 Å². The van der Waals surface area contributed by atoms with Crippen molar-refractivity contribution in [1.82, 2.24) is 9.62 Å². The fraction of sp³-hybridized carbons (Fsp3) is 0.318. The molecule has 1 unspecified atom stereocenters. The number of halogens is 1. The van der Waals surface area contributed by atoms with Crippen molar-refractivity contribution in [3.63, 3.8) is 0 Å². The number of hydrogen-bond donors (Lipinski definition) is 1. The van der Waals surface area contributed by atoms with E-state index in [1.165, 1.54) is 36.4 Å². The summed E-state index contributed by atoms with van der Waals surface area (Å²) in [6.45, 7) is 2.04. The lowest BCUT2D eigenvalue weighted by atomic mass is 10.1. The van der Waals surface area contributed by atoms with Gasteiger partial charge in [-0.2, -0.15) is 0 Å². The molecule has 1 saturated heterocycles. The van der Waals surface area contributed by atoms with Crippen LogP contribution in [0.2, 0.25) is 0 Å². The molecule has 0 bridgehead atoms. The molecule has 1 aliphatic rings. The van der Waals surface area contributed by atoms with Gasteiger partial charge in [0, 0.05) is 18.7 Å². The van der Waals surface area contributed by atoms with Crippen molar-refractivity contribution in [3.8, 4) is 0 Å². The van der Waals surface area contributed by atoms with E-state index in [9.17, 15) is 27.2 Å². The number of rotatable bonds is 6. The number of ether oxygens (including phenoxy) is 1. The van der Waals surface area contributed by atoms with Crippen molar-refractivity contribution in [2.45, 2.75) is 37.2 Å². The van der Waals surface area contributed by atoms with E-state index in [0.29, 0.717) is 12.8 Å². The molecule has 2 amide bonds. The SMILES string of the molecule is CCNS(=O)(=O)c1ccc(C(=O)OC2CCCCN(C(=O)c3ccc(F)cc3)C2=O)cc1. The van der Waals surface area contributed by atoms with Crippen molar-refractivity contribution in [1.29, 1.82) is 0 Å². The lowest BCUT2D eigenvalue weighted by Crippen LogP contribution is -2.43. The van der Waals surface area contributed by atoms with Crippen LogP contribution in [-0.4, -0.2) is 50.3 Å². The summed E-state index contributed by atoms with van der Waals surface area (Å²) in [5, 5.41) is 0. The zero-order valence-corrected chi connectivity index (χ0v) is 18.2. The Morgan fingerprint density at radius 2 is 1.69 bits per heavy atom. The molecular weight excluding hydrogens is 439 g/mol. The normalized spacial score (nSPS) is 17.0. The van der Waals surface area contributed by atoms with E-state index in [0.717, 1.165) is 17.0 Å². The zero-order chi connectivity index (χ0) is 23.3. The molecule has 1 heterocycles. The van der Waals surface area contributed by atoms with Crippen LogP contribution in [0.3, 0.4) is 0 Å². The molecule has 0 radical (unpaired) electrons. The van der Waals surface area contributed by atoms with Crippen LogP contribution in [0.1, 0.15) is 46.9 Å². The maximum absolute atomic E-state index is 13.1. The fourth-order valence-electron chi connectivity index (χ4n) is 3.31. The number of imide groups is 1. The van der Waals surface area contributed by atoms with Gasteiger partial charge in [-0.3, -0.25) is 14.5 Å². The van der Waals surface area contributed by atoms with Crippen LogP contribution in [-0.2, 0) is 19.6 Å². The highest BCUT2D eigenvalue weighted by molar-refractivity contribution is 7.89. The summed E-state index contributed by atoms with van der Waals surface area (Å²) in [7, 11) is -3.66.